The quantitative estimate of drug-likeness (QED) is 0.879. The Morgan fingerprint density at radius 3 is 2.59 bits per heavy atom. The normalized spacial score (nSPS) is 10.2. The largest absolute Gasteiger partial charge is 0.436 e. The molecule has 0 aliphatic heterocycles. The maximum atomic E-state index is 11.8. The van der Waals surface area contributed by atoms with Gasteiger partial charge in [-0.15, -0.1) is 0 Å². The van der Waals surface area contributed by atoms with Crippen molar-refractivity contribution in [3.05, 3.63) is 53.2 Å². The number of hydrogen-bond acceptors (Lipinski definition) is 3. The van der Waals surface area contributed by atoms with E-state index < -0.39 is 0 Å². The maximum Gasteiger partial charge on any atom is 0.289 e. The molecule has 4 nitrogen and oxygen atoms in total. The monoisotopic (exact) mass is 230 g/mol. The number of carbonyl (C=O) groups is 1. The van der Waals surface area contributed by atoms with Crippen LogP contribution in [0.2, 0.25) is 0 Å². The molecule has 0 aliphatic rings. The van der Waals surface area contributed by atoms with E-state index in [-0.39, 0.29) is 5.91 Å². The number of hydrogen-bond donors (Lipinski definition) is 1. The highest BCUT2D eigenvalue weighted by Crippen LogP contribution is 2.09. The van der Waals surface area contributed by atoms with E-state index in [2.05, 4.69) is 10.3 Å². The van der Waals surface area contributed by atoms with E-state index in [0.29, 0.717) is 23.9 Å². The van der Waals surface area contributed by atoms with Gasteiger partial charge in [-0.2, -0.15) is 0 Å². The minimum atomic E-state index is -0.230. The van der Waals surface area contributed by atoms with Gasteiger partial charge in [-0.05, 0) is 12.5 Å². The highest BCUT2D eigenvalue weighted by molar-refractivity contribution is 5.92. The number of rotatable bonds is 3. The molecule has 1 aromatic heterocycles. The van der Waals surface area contributed by atoms with Gasteiger partial charge in [0, 0.05) is 13.5 Å². The zero-order chi connectivity index (χ0) is 12.3. The Bertz CT molecular complexity index is 517. The number of aryl methyl sites for hydroxylation is 2. The minimum Gasteiger partial charge on any atom is -0.436 e. The lowest BCUT2D eigenvalue weighted by atomic mass is 10.2. The van der Waals surface area contributed by atoms with Crippen molar-refractivity contribution < 1.29 is 9.21 Å². The number of nitrogens with zero attached hydrogens (tertiary/aromatic N) is 1. The van der Waals surface area contributed by atoms with Crippen LogP contribution in [0.1, 0.15) is 27.7 Å². The lowest BCUT2D eigenvalue weighted by Gasteiger charge is -2.03. The summed E-state index contributed by atoms with van der Waals surface area (Å²) in [6.07, 6.45) is 0. The SMILES string of the molecule is Cc1nc(C)c(C(=O)NCc2ccccc2)o1. The van der Waals surface area contributed by atoms with Crippen molar-refractivity contribution in [3.8, 4) is 0 Å². The van der Waals surface area contributed by atoms with E-state index >= 15 is 0 Å². The van der Waals surface area contributed by atoms with Crippen LogP contribution < -0.4 is 5.32 Å². The number of carbonyl (C=O) groups excluding carboxylic acids is 1. The first-order valence-electron chi connectivity index (χ1n) is 5.43. The molecule has 1 aromatic carbocycles. The fourth-order valence-electron chi connectivity index (χ4n) is 1.60. The van der Waals surface area contributed by atoms with Crippen LogP contribution in [0, 0.1) is 13.8 Å². The molecule has 0 fully saturated rings. The van der Waals surface area contributed by atoms with E-state index in [0.717, 1.165) is 5.56 Å². The Morgan fingerprint density at radius 1 is 1.29 bits per heavy atom. The van der Waals surface area contributed by atoms with Crippen molar-refractivity contribution in [1.29, 1.82) is 0 Å². The fraction of sp³-hybridized carbons (Fsp3) is 0.231. The van der Waals surface area contributed by atoms with Gasteiger partial charge in [-0.25, -0.2) is 4.98 Å². The predicted molar refractivity (Wildman–Crippen MR) is 63.6 cm³/mol. The zero-order valence-electron chi connectivity index (χ0n) is 9.86. The maximum absolute atomic E-state index is 11.8. The van der Waals surface area contributed by atoms with Crippen LogP contribution in [0.3, 0.4) is 0 Å². The van der Waals surface area contributed by atoms with Gasteiger partial charge in [0.15, 0.2) is 5.89 Å². The van der Waals surface area contributed by atoms with Crippen LogP contribution in [-0.4, -0.2) is 10.9 Å². The van der Waals surface area contributed by atoms with Crippen molar-refractivity contribution in [1.82, 2.24) is 10.3 Å². The Balaban J connectivity index is 2.01. The first kappa shape index (κ1) is 11.4. The molecule has 0 radical (unpaired) electrons. The summed E-state index contributed by atoms with van der Waals surface area (Å²) in [7, 11) is 0. The van der Waals surface area contributed by atoms with E-state index in [9.17, 15) is 4.79 Å². The van der Waals surface area contributed by atoms with Crippen molar-refractivity contribution in [2.45, 2.75) is 20.4 Å². The van der Waals surface area contributed by atoms with Gasteiger partial charge in [0.05, 0.1) is 5.69 Å². The third-order valence-electron chi connectivity index (χ3n) is 2.41. The summed E-state index contributed by atoms with van der Waals surface area (Å²) >= 11 is 0. The Morgan fingerprint density at radius 2 is 2.00 bits per heavy atom. The van der Waals surface area contributed by atoms with Crippen LogP contribution in [0.15, 0.2) is 34.7 Å². The molecular formula is C13H14N2O2. The molecule has 0 saturated heterocycles. The number of amides is 1. The van der Waals surface area contributed by atoms with Gasteiger partial charge in [-0.3, -0.25) is 4.79 Å². The first-order chi connectivity index (χ1) is 8.16. The average Bonchev–Trinajstić information content (AvgIpc) is 2.67. The number of aromatic nitrogens is 1. The van der Waals surface area contributed by atoms with E-state index in [1.807, 2.05) is 30.3 Å². The molecule has 1 N–H and O–H groups in total. The summed E-state index contributed by atoms with van der Waals surface area (Å²) in [4.78, 5) is 15.9. The summed E-state index contributed by atoms with van der Waals surface area (Å²) < 4.78 is 5.24. The van der Waals surface area contributed by atoms with Gasteiger partial charge < -0.3 is 9.73 Å². The van der Waals surface area contributed by atoms with Gasteiger partial charge >= 0.3 is 0 Å². The molecule has 88 valence electrons. The smallest absolute Gasteiger partial charge is 0.289 e. The Labute approximate surface area is 99.7 Å². The highest BCUT2D eigenvalue weighted by atomic mass is 16.4. The first-order valence-corrected chi connectivity index (χ1v) is 5.43. The molecule has 1 heterocycles. The zero-order valence-corrected chi connectivity index (χ0v) is 9.86. The summed E-state index contributed by atoms with van der Waals surface area (Å²) in [5, 5.41) is 2.80. The molecule has 0 spiro atoms. The molecule has 0 aliphatic carbocycles. The van der Waals surface area contributed by atoms with Crippen LogP contribution in [-0.2, 0) is 6.54 Å². The van der Waals surface area contributed by atoms with Crippen molar-refractivity contribution in [3.63, 3.8) is 0 Å². The van der Waals surface area contributed by atoms with Gasteiger partial charge in [0.2, 0.25) is 5.76 Å². The third-order valence-corrected chi connectivity index (χ3v) is 2.41. The number of nitrogens with one attached hydrogen (secondary N) is 1. The second-order valence-corrected chi connectivity index (χ2v) is 3.82. The molecule has 1 amide bonds. The second kappa shape index (κ2) is 4.82. The lowest BCUT2D eigenvalue weighted by Crippen LogP contribution is -2.22. The van der Waals surface area contributed by atoms with E-state index in [1.165, 1.54) is 0 Å². The van der Waals surface area contributed by atoms with Crippen molar-refractivity contribution in [2.24, 2.45) is 0 Å². The Kier molecular flexibility index (Phi) is 3.23. The molecule has 0 bridgehead atoms. The van der Waals surface area contributed by atoms with E-state index in [1.54, 1.807) is 13.8 Å². The summed E-state index contributed by atoms with van der Waals surface area (Å²) in [5.41, 5.74) is 1.67. The number of benzene rings is 1. The van der Waals surface area contributed by atoms with Crippen LogP contribution in [0.5, 0.6) is 0 Å². The second-order valence-electron chi connectivity index (χ2n) is 3.82. The third kappa shape index (κ3) is 2.72. The average molecular weight is 230 g/mol. The molecule has 0 saturated carbocycles. The summed E-state index contributed by atoms with van der Waals surface area (Å²) in [6.45, 7) is 3.97. The molecule has 0 unspecified atom stereocenters. The van der Waals surface area contributed by atoms with Crippen molar-refractivity contribution in [2.75, 3.05) is 0 Å². The van der Waals surface area contributed by atoms with Gasteiger partial charge in [0.25, 0.3) is 5.91 Å². The highest BCUT2D eigenvalue weighted by Gasteiger charge is 2.15. The van der Waals surface area contributed by atoms with Crippen molar-refractivity contribution >= 4 is 5.91 Å². The standard InChI is InChI=1S/C13H14N2O2/c1-9-12(17-10(2)15-9)13(16)14-8-11-6-4-3-5-7-11/h3-7H,8H2,1-2H3,(H,14,16). The summed E-state index contributed by atoms with van der Waals surface area (Å²) in [5.74, 6) is 0.567. The van der Waals surface area contributed by atoms with Crippen LogP contribution in [0.25, 0.3) is 0 Å². The molecule has 4 heteroatoms. The minimum absolute atomic E-state index is 0.230. The molecular weight excluding hydrogens is 216 g/mol. The lowest BCUT2D eigenvalue weighted by molar-refractivity contribution is 0.0921. The van der Waals surface area contributed by atoms with Gasteiger partial charge in [-0.1, -0.05) is 30.3 Å². The molecule has 0 atom stereocenters. The Hall–Kier alpha value is -2.10. The topological polar surface area (TPSA) is 55.1 Å². The summed E-state index contributed by atoms with van der Waals surface area (Å²) in [6, 6.07) is 9.73. The van der Waals surface area contributed by atoms with Crippen LogP contribution >= 0.6 is 0 Å². The predicted octanol–water partition coefficient (Wildman–Crippen LogP) is 2.22. The van der Waals surface area contributed by atoms with Gasteiger partial charge in [0.1, 0.15) is 0 Å². The molecule has 2 rings (SSSR count). The fourth-order valence-corrected chi connectivity index (χ4v) is 1.60. The molecule has 2 aromatic rings. The van der Waals surface area contributed by atoms with E-state index in [4.69, 9.17) is 4.42 Å². The number of oxazole rings is 1. The molecule has 17 heavy (non-hydrogen) atoms. The van der Waals surface area contributed by atoms with Crippen LogP contribution in [0.4, 0.5) is 0 Å².